The number of carbonyl (C=O) groups excluding carboxylic acids is 1. The van der Waals surface area contributed by atoms with Gasteiger partial charge in [-0.3, -0.25) is 4.79 Å². The fourth-order valence-electron chi connectivity index (χ4n) is 2.25. The highest BCUT2D eigenvalue weighted by molar-refractivity contribution is 7.90. The van der Waals surface area contributed by atoms with Crippen LogP contribution in [0.5, 0.6) is 0 Å². The number of aryl methyl sites for hydroxylation is 1. The molecule has 6 heteroatoms. The molecule has 2 rings (SSSR count). The highest BCUT2D eigenvalue weighted by atomic mass is 32.2. The van der Waals surface area contributed by atoms with Gasteiger partial charge in [0.2, 0.25) is 0 Å². The van der Waals surface area contributed by atoms with Crippen LogP contribution in [0.15, 0.2) is 47.4 Å². The van der Waals surface area contributed by atoms with E-state index in [-0.39, 0.29) is 23.2 Å². The minimum atomic E-state index is -3.39. The average Bonchev–Trinajstić information content (AvgIpc) is 2.45. The van der Waals surface area contributed by atoms with Crippen molar-refractivity contribution in [2.24, 2.45) is 0 Å². The molecule has 0 fully saturated rings. The Balaban J connectivity index is 2.29. The predicted molar refractivity (Wildman–Crippen MR) is 86.5 cm³/mol. The predicted octanol–water partition coefficient (Wildman–Crippen LogP) is 2.81. The summed E-state index contributed by atoms with van der Waals surface area (Å²) >= 11 is 0. The van der Waals surface area contributed by atoms with Crippen molar-refractivity contribution in [2.45, 2.75) is 18.4 Å². The van der Waals surface area contributed by atoms with Crippen molar-refractivity contribution in [2.75, 3.05) is 13.3 Å². The Kier molecular flexibility index (Phi) is 4.85. The van der Waals surface area contributed by atoms with E-state index in [2.05, 4.69) is 0 Å². The molecule has 122 valence electrons. The van der Waals surface area contributed by atoms with Gasteiger partial charge in [0, 0.05) is 25.4 Å². The van der Waals surface area contributed by atoms with Gasteiger partial charge >= 0.3 is 0 Å². The SMILES string of the molecule is Cc1ccc(S(C)(=O)=O)cc1C(=O)N(C)Cc1cccc(F)c1. The maximum atomic E-state index is 13.2. The second-order valence-corrected chi connectivity index (χ2v) is 7.56. The van der Waals surface area contributed by atoms with Gasteiger partial charge in [-0.1, -0.05) is 18.2 Å². The molecule has 0 heterocycles. The molecule has 2 aromatic carbocycles. The molecule has 0 spiro atoms. The van der Waals surface area contributed by atoms with E-state index in [4.69, 9.17) is 0 Å². The molecule has 0 radical (unpaired) electrons. The number of amides is 1. The van der Waals surface area contributed by atoms with Gasteiger partial charge < -0.3 is 4.90 Å². The summed E-state index contributed by atoms with van der Waals surface area (Å²) in [6.45, 7) is 1.98. The Morgan fingerprint density at radius 1 is 1.17 bits per heavy atom. The normalized spacial score (nSPS) is 11.3. The van der Waals surface area contributed by atoms with E-state index in [0.29, 0.717) is 16.7 Å². The average molecular weight is 335 g/mol. The van der Waals surface area contributed by atoms with Gasteiger partial charge in [0.05, 0.1) is 4.90 Å². The van der Waals surface area contributed by atoms with Gasteiger partial charge in [-0.2, -0.15) is 0 Å². The number of sulfone groups is 1. The van der Waals surface area contributed by atoms with E-state index in [1.807, 2.05) is 0 Å². The second-order valence-electron chi connectivity index (χ2n) is 5.54. The molecule has 2 aromatic rings. The van der Waals surface area contributed by atoms with E-state index >= 15 is 0 Å². The molecule has 0 saturated heterocycles. The van der Waals surface area contributed by atoms with Crippen molar-refractivity contribution in [3.8, 4) is 0 Å². The Morgan fingerprint density at radius 3 is 2.48 bits per heavy atom. The Labute approximate surface area is 135 Å². The molecule has 0 N–H and O–H groups in total. The zero-order chi connectivity index (χ0) is 17.2. The number of nitrogens with zero attached hydrogens (tertiary/aromatic N) is 1. The molecule has 0 unspecified atom stereocenters. The molecular weight excluding hydrogens is 317 g/mol. The fraction of sp³-hybridized carbons (Fsp3) is 0.235. The molecule has 1 amide bonds. The summed E-state index contributed by atoms with van der Waals surface area (Å²) in [7, 11) is -1.79. The minimum Gasteiger partial charge on any atom is -0.337 e. The summed E-state index contributed by atoms with van der Waals surface area (Å²) in [6.07, 6.45) is 1.10. The number of carbonyl (C=O) groups is 1. The summed E-state index contributed by atoms with van der Waals surface area (Å²) < 4.78 is 36.5. The minimum absolute atomic E-state index is 0.102. The lowest BCUT2D eigenvalue weighted by molar-refractivity contribution is 0.0784. The highest BCUT2D eigenvalue weighted by Gasteiger charge is 2.18. The standard InChI is InChI=1S/C17H18FNO3S/c1-12-7-8-15(23(3,21)22)10-16(12)17(20)19(2)11-13-5-4-6-14(18)9-13/h4-10H,11H2,1-3H3. The van der Waals surface area contributed by atoms with Gasteiger partial charge in [0.15, 0.2) is 9.84 Å². The first-order valence-corrected chi connectivity index (χ1v) is 8.88. The number of rotatable bonds is 4. The zero-order valence-corrected chi connectivity index (χ0v) is 14.0. The zero-order valence-electron chi connectivity index (χ0n) is 13.2. The van der Waals surface area contributed by atoms with Crippen LogP contribution >= 0.6 is 0 Å². The summed E-state index contributed by atoms with van der Waals surface area (Å²) in [5.41, 5.74) is 1.68. The van der Waals surface area contributed by atoms with Crippen LogP contribution in [-0.2, 0) is 16.4 Å². The van der Waals surface area contributed by atoms with Crippen LogP contribution in [0.3, 0.4) is 0 Å². The van der Waals surface area contributed by atoms with Crippen molar-refractivity contribution in [3.05, 3.63) is 65.0 Å². The van der Waals surface area contributed by atoms with Crippen LogP contribution in [0.2, 0.25) is 0 Å². The summed E-state index contributed by atoms with van der Waals surface area (Å²) in [4.78, 5) is 14.1. The lowest BCUT2D eigenvalue weighted by Crippen LogP contribution is -2.27. The Morgan fingerprint density at radius 2 is 1.87 bits per heavy atom. The van der Waals surface area contributed by atoms with E-state index in [9.17, 15) is 17.6 Å². The van der Waals surface area contributed by atoms with Crippen molar-refractivity contribution in [3.63, 3.8) is 0 Å². The maximum Gasteiger partial charge on any atom is 0.254 e. The molecule has 0 saturated carbocycles. The van der Waals surface area contributed by atoms with Gasteiger partial charge in [0.25, 0.3) is 5.91 Å². The summed E-state index contributed by atoms with van der Waals surface area (Å²) in [5, 5.41) is 0. The molecule has 23 heavy (non-hydrogen) atoms. The number of hydrogen-bond acceptors (Lipinski definition) is 3. The van der Waals surface area contributed by atoms with Gasteiger partial charge in [0.1, 0.15) is 5.82 Å². The summed E-state index contributed by atoms with van der Waals surface area (Å²) in [5.74, 6) is -0.670. The Bertz CT molecular complexity index is 847. The third-order valence-corrected chi connectivity index (χ3v) is 4.63. The molecule has 0 aliphatic heterocycles. The van der Waals surface area contributed by atoms with Crippen LogP contribution in [0.1, 0.15) is 21.5 Å². The van der Waals surface area contributed by atoms with Crippen LogP contribution in [0.4, 0.5) is 4.39 Å². The fourth-order valence-corrected chi connectivity index (χ4v) is 2.90. The van der Waals surface area contributed by atoms with Gasteiger partial charge in [-0.25, -0.2) is 12.8 Å². The number of hydrogen-bond donors (Lipinski definition) is 0. The first-order chi connectivity index (χ1) is 10.7. The van der Waals surface area contributed by atoms with Crippen LogP contribution in [-0.4, -0.2) is 32.5 Å². The van der Waals surface area contributed by atoms with Crippen molar-refractivity contribution >= 4 is 15.7 Å². The van der Waals surface area contributed by atoms with E-state index in [1.165, 1.54) is 29.2 Å². The van der Waals surface area contributed by atoms with Crippen LogP contribution in [0, 0.1) is 12.7 Å². The summed E-state index contributed by atoms with van der Waals surface area (Å²) in [6, 6.07) is 10.5. The van der Waals surface area contributed by atoms with Crippen LogP contribution < -0.4 is 0 Å². The van der Waals surface area contributed by atoms with E-state index < -0.39 is 9.84 Å². The highest BCUT2D eigenvalue weighted by Crippen LogP contribution is 2.18. The molecule has 0 aliphatic carbocycles. The van der Waals surface area contributed by atoms with E-state index in [1.54, 1.807) is 32.2 Å². The van der Waals surface area contributed by atoms with Crippen molar-refractivity contribution < 1.29 is 17.6 Å². The van der Waals surface area contributed by atoms with Gasteiger partial charge in [-0.05, 0) is 42.3 Å². The lowest BCUT2D eigenvalue weighted by Gasteiger charge is -2.19. The number of benzene rings is 2. The van der Waals surface area contributed by atoms with Crippen LogP contribution in [0.25, 0.3) is 0 Å². The van der Waals surface area contributed by atoms with Crippen molar-refractivity contribution in [1.29, 1.82) is 0 Å². The first kappa shape index (κ1) is 17.1. The topological polar surface area (TPSA) is 54.5 Å². The molecular formula is C17H18FNO3S. The maximum absolute atomic E-state index is 13.2. The molecule has 0 aromatic heterocycles. The largest absolute Gasteiger partial charge is 0.337 e. The second kappa shape index (κ2) is 6.50. The van der Waals surface area contributed by atoms with Gasteiger partial charge in [-0.15, -0.1) is 0 Å². The third kappa shape index (κ3) is 4.16. The molecule has 0 bridgehead atoms. The van der Waals surface area contributed by atoms with E-state index in [0.717, 1.165) is 6.26 Å². The lowest BCUT2D eigenvalue weighted by atomic mass is 10.1. The third-order valence-electron chi connectivity index (χ3n) is 3.52. The quantitative estimate of drug-likeness (QED) is 0.863. The Hall–Kier alpha value is -2.21. The molecule has 0 aliphatic rings. The number of halogens is 1. The molecule has 0 atom stereocenters. The monoisotopic (exact) mass is 335 g/mol. The molecule has 4 nitrogen and oxygen atoms in total. The first-order valence-electron chi connectivity index (χ1n) is 6.99. The van der Waals surface area contributed by atoms with Crippen molar-refractivity contribution in [1.82, 2.24) is 4.90 Å². The smallest absolute Gasteiger partial charge is 0.254 e.